The van der Waals surface area contributed by atoms with E-state index >= 15 is 0 Å². The van der Waals surface area contributed by atoms with Crippen molar-refractivity contribution >= 4 is 33.4 Å². The Bertz CT molecular complexity index is 515. The van der Waals surface area contributed by atoms with Gasteiger partial charge in [-0.2, -0.15) is 0 Å². The van der Waals surface area contributed by atoms with Crippen LogP contribution in [0.15, 0.2) is 28.7 Å². The maximum atomic E-state index is 12.1. The maximum absolute atomic E-state index is 12.1. The van der Waals surface area contributed by atoms with Crippen LogP contribution in [0.25, 0.3) is 0 Å². The van der Waals surface area contributed by atoms with Gasteiger partial charge >= 0.3 is 0 Å². The van der Waals surface area contributed by atoms with Crippen LogP contribution in [0.3, 0.4) is 0 Å². The van der Waals surface area contributed by atoms with E-state index < -0.39 is 0 Å². The number of amides is 2. The lowest BCUT2D eigenvalue weighted by molar-refractivity contribution is -0.132. The molecule has 1 unspecified atom stereocenters. The molecule has 2 rings (SSSR count). The van der Waals surface area contributed by atoms with Gasteiger partial charge in [0.2, 0.25) is 11.8 Å². The van der Waals surface area contributed by atoms with Gasteiger partial charge in [0.1, 0.15) is 0 Å². The molecule has 1 heterocycles. The zero-order chi connectivity index (χ0) is 15.2. The lowest BCUT2D eigenvalue weighted by atomic mass is 10.3. The number of carbonyl (C=O) groups excluding carboxylic acids is 2. The molecule has 1 fully saturated rings. The van der Waals surface area contributed by atoms with Crippen LogP contribution in [0.1, 0.15) is 19.8 Å². The lowest BCUT2D eigenvalue weighted by Gasteiger charge is -2.21. The van der Waals surface area contributed by atoms with Gasteiger partial charge in [-0.3, -0.25) is 14.9 Å². The first kappa shape index (κ1) is 16.0. The third-order valence-electron chi connectivity index (χ3n) is 3.47. The zero-order valence-electron chi connectivity index (χ0n) is 12.1. The smallest absolute Gasteiger partial charge is 0.239 e. The fourth-order valence-electron chi connectivity index (χ4n) is 2.32. The number of hydrogen-bond acceptors (Lipinski definition) is 3. The molecule has 0 aromatic heterocycles. The molecule has 2 amide bonds. The average molecular weight is 354 g/mol. The first-order valence-corrected chi connectivity index (χ1v) is 7.93. The number of halogens is 1. The van der Waals surface area contributed by atoms with E-state index in [-0.39, 0.29) is 24.4 Å². The highest BCUT2D eigenvalue weighted by Gasteiger charge is 2.23. The lowest BCUT2D eigenvalue weighted by Crippen LogP contribution is -2.45. The van der Waals surface area contributed by atoms with Crippen molar-refractivity contribution in [1.29, 1.82) is 0 Å². The van der Waals surface area contributed by atoms with E-state index in [1.54, 1.807) is 6.92 Å². The Morgan fingerprint density at radius 3 is 2.71 bits per heavy atom. The van der Waals surface area contributed by atoms with Crippen LogP contribution in [-0.2, 0) is 9.59 Å². The summed E-state index contributed by atoms with van der Waals surface area (Å²) in [5.41, 5.74) is 0.731. The molecule has 1 aliphatic rings. The third-order valence-corrected chi connectivity index (χ3v) is 3.96. The topological polar surface area (TPSA) is 61.4 Å². The van der Waals surface area contributed by atoms with Crippen LogP contribution in [0, 0.1) is 0 Å². The van der Waals surface area contributed by atoms with Gasteiger partial charge in [0.15, 0.2) is 0 Å². The molecule has 114 valence electrons. The molecule has 1 aromatic rings. The molecule has 0 aliphatic carbocycles. The summed E-state index contributed by atoms with van der Waals surface area (Å²) in [5.74, 6) is -0.0862. The average Bonchev–Trinajstić information content (AvgIpc) is 2.98. The van der Waals surface area contributed by atoms with Crippen molar-refractivity contribution < 1.29 is 9.59 Å². The number of nitrogens with one attached hydrogen (secondary N) is 2. The summed E-state index contributed by atoms with van der Waals surface area (Å²) in [5, 5.41) is 5.77. The van der Waals surface area contributed by atoms with Crippen LogP contribution in [0.4, 0.5) is 5.69 Å². The van der Waals surface area contributed by atoms with Crippen molar-refractivity contribution in [3.8, 4) is 0 Å². The highest BCUT2D eigenvalue weighted by atomic mass is 79.9. The molecule has 1 saturated heterocycles. The minimum Gasteiger partial charge on any atom is -0.341 e. The fraction of sp³-hybridized carbons (Fsp3) is 0.467. The van der Waals surface area contributed by atoms with Gasteiger partial charge in [-0.05, 0) is 38.0 Å². The first-order valence-electron chi connectivity index (χ1n) is 7.14. The Balaban J connectivity index is 1.76. The van der Waals surface area contributed by atoms with Gasteiger partial charge < -0.3 is 10.2 Å². The predicted molar refractivity (Wildman–Crippen MR) is 86.1 cm³/mol. The Morgan fingerprint density at radius 1 is 1.33 bits per heavy atom. The third kappa shape index (κ3) is 4.82. The molecule has 5 nitrogen and oxygen atoms in total. The standard InChI is InChI=1S/C15H20BrN3O2/c1-11(15(21)19-7-2-3-8-19)17-10-14(20)18-13-6-4-5-12(16)9-13/h4-6,9,11,17H,2-3,7-8,10H2,1H3,(H,18,20). The van der Waals surface area contributed by atoms with Crippen LogP contribution in [0.2, 0.25) is 0 Å². The molecule has 6 heteroatoms. The number of carbonyl (C=O) groups is 2. The van der Waals surface area contributed by atoms with E-state index in [4.69, 9.17) is 0 Å². The normalized spacial score (nSPS) is 15.8. The van der Waals surface area contributed by atoms with Crippen molar-refractivity contribution in [3.05, 3.63) is 28.7 Å². The van der Waals surface area contributed by atoms with Crippen LogP contribution in [-0.4, -0.2) is 42.4 Å². The second-order valence-electron chi connectivity index (χ2n) is 5.19. The van der Waals surface area contributed by atoms with Gasteiger partial charge in [0.25, 0.3) is 0 Å². The van der Waals surface area contributed by atoms with Crippen LogP contribution < -0.4 is 10.6 Å². The Kier molecular flexibility index (Phi) is 5.76. The number of rotatable bonds is 5. The molecule has 1 aromatic carbocycles. The summed E-state index contributed by atoms with van der Waals surface area (Å²) in [4.78, 5) is 25.8. The highest BCUT2D eigenvalue weighted by molar-refractivity contribution is 9.10. The van der Waals surface area contributed by atoms with Crippen LogP contribution >= 0.6 is 15.9 Å². The molecular formula is C15H20BrN3O2. The summed E-state index contributed by atoms with van der Waals surface area (Å²) in [6.07, 6.45) is 2.14. The second kappa shape index (κ2) is 7.56. The maximum Gasteiger partial charge on any atom is 0.239 e. The molecule has 2 N–H and O–H groups in total. The molecule has 21 heavy (non-hydrogen) atoms. The summed E-state index contributed by atoms with van der Waals surface area (Å²) >= 11 is 3.35. The van der Waals surface area contributed by atoms with E-state index in [0.717, 1.165) is 36.1 Å². The molecule has 0 spiro atoms. The summed E-state index contributed by atoms with van der Waals surface area (Å²) in [6, 6.07) is 7.06. The van der Waals surface area contributed by atoms with Crippen molar-refractivity contribution in [1.82, 2.24) is 10.2 Å². The number of nitrogens with zero attached hydrogens (tertiary/aromatic N) is 1. The SMILES string of the molecule is CC(NCC(=O)Nc1cccc(Br)c1)C(=O)N1CCCC1. The fourth-order valence-corrected chi connectivity index (χ4v) is 2.72. The minimum atomic E-state index is -0.337. The minimum absolute atomic E-state index is 0.0720. The van der Waals surface area contributed by atoms with Gasteiger partial charge in [-0.15, -0.1) is 0 Å². The van der Waals surface area contributed by atoms with E-state index in [9.17, 15) is 9.59 Å². The Hall–Kier alpha value is -1.40. The first-order chi connectivity index (χ1) is 10.1. The van der Waals surface area contributed by atoms with Crippen molar-refractivity contribution in [2.45, 2.75) is 25.8 Å². The van der Waals surface area contributed by atoms with Crippen molar-refractivity contribution in [3.63, 3.8) is 0 Å². The molecule has 1 atom stereocenters. The molecule has 1 aliphatic heterocycles. The molecule has 0 saturated carbocycles. The van der Waals surface area contributed by atoms with Crippen molar-refractivity contribution in [2.24, 2.45) is 0 Å². The summed E-state index contributed by atoms with van der Waals surface area (Å²) in [6.45, 7) is 3.57. The van der Waals surface area contributed by atoms with E-state index in [0.29, 0.717) is 0 Å². The molecular weight excluding hydrogens is 334 g/mol. The largest absolute Gasteiger partial charge is 0.341 e. The Labute approximate surface area is 133 Å². The quantitative estimate of drug-likeness (QED) is 0.850. The van der Waals surface area contributed by atoms with E-state index in [1.807, 2.05) is 29.2 Å². The summed E-state index contributed by atoms with van der Waals surface area (Å²) < 4.78 is 0.908. The van der Waals surface area contributed by atoms with E-state index in [1.165, 1.54) is 0 Å². The Morgan fingerprint density at radius 2 is 2.05 bits per heavy atom. The number of likely N-dealkylation sites (tertiary alicyclic amines) is 1. The number of anilines is 1. The molecule has 0 radical (unpaired) electrons. The van der Waals surface area contributed by atoms with Crippen molar-refractivity contribution in [2.75, 3.05) is 25.0 Å². The molecule has 0 bridgehead atoms. The zero-order valence-corrected chi connectivity index (χ0v) is 13.6. The monoisotopic (exact) mass is 353 g/mol. The van der Waals surface area contributed by atoms with Gasteiger partial charge in [-0.1, -0.05) is 22.0 Å². The van der Waals surface area contributed by atoms with Gasteiger partial charge in [-0.25, -0.2) is 0 Å². The second-order valence-corrected chi connectivity index (χ2v) is 6.11. The van der Waals surface area contributed by atoms with Gasteiger partial charge in [0.05, 0.1) is 12.6 Å². The predicted octanol–water partition coefficient (Wildman–Crippen LogP) is 1.99. The summed E-state index contributed by atoms with van der Waals surface area (Å²) in [7, 11) is 0. The number of benzene rings is 1. The van der Waals surface area contributed by atoms with E-state index in [2.05, 4.69) is 26.6 Å². The van der Waals surface area contributed by atoms with Gasteiger partial charge in [0, 0.05) is 23.2 Å². The van der Waals surface area contributed by atoms with Crippen LogP contribution in [0.5, 0.6) is 0 Å². The number of hydrogen-bond donors (Lipinski definition) is 2. The highest BCUT2D eigenvalue weighted by Crippen LogP contribution is 2.15.